The van der Waals surface area contributed by atoms with Crippen molar-refractivity contribution in [1.29, 1.82) is 0 Å². The number of benzene rings is 1. The fraction of sp³-hybridized carbons (Fsp3) is 0.816. The van der Waals surface area contributed by atoms with Gasteiger partial charge < -0.3 is 66.3 Å². The lowest BCUT2D eigenvalue weighted by atomic mass is 10.1. The van der Waals surface area contributed by atoms with Crippen molar-refractivity contribution in [2.75, 3.05) is 172 Å². The maximum absolute atomic E-state index is 13.6. The van der Waals surface area contributed by atoms with Crippen LogP contribution in [0, 0.1) is 35.0 Å². The van der Waals surface area contributed by atoms with Gasteiger partial charge in [-0.05, 0) is 5.92 Å². The van der Waals surface area contributed by atoms with E-state index in [2.05, 4.69) is 18.6 Å². The Morgan fingerprint density at radius 3 is 0.862 bits per heavy atom. The van der Waals surface area contributed by atoms with Crippen LogP contribution in [-0.4, -0.2) is 178 Å². The molecule has 340 valence electrons. The van der Waals surface area contributed by atoms with E-state index >= 15 is 0 Å². The molecule has 1 atom stereocenters. The summed E-state index contributed by atoms with van der Waals surface area (Å²) in [6.45, 7) is 15.1. The van der Waals surface area contributed by atoms with Gasteiger partial charge >= 0.3 is 5.97 Å². The first-order valence-electron chi connectivity index (χ1n) is 19.5. The number of esters is 1. The van der Waals surface area contributed by atoms with Gasteiger partial charge in [0.1, 0.15) is 0 Å². The van der Waals surface area contributed by atoms with E-state index < -0.39 is 47.2 Å². The molecule has 0 amide bonds. The highest BCUT2D eigenvalue weighted by Crippen LogP contribution is 2.29. The van der Waals surface area contributed by atoms with Crippen LogP contribution in [0.3, 0.4) is 0 Å². The average Bonchev–Trinajstić information content (AvgIpc) is 3.22. The van der Waals surface area contributed by atoms with Gasteiger partial charge in [-0.15, -0.1) is 0 Å². The maximum Gasteiger partial charge on any atom is 0.313 e. The van der Waals surface area contributed by atoms with Crippen LogP contribution in [0.25, 0.3) is 0 Å². The minimum atomic E-state index is -2.35. The first-order valence-corrected chi connectivity index (χ1v) is 19.5. The van der Waals surface area contributed by atoms with Crippen LogP contribution in [0.1, 0.15) is 26.7 Å². The second-order valence-electron chi connectivity index (χ2n) is 12.1. The van der Waals surface area contributed by atoms with E-state index in [1.54, 1.807) is 0 Å². The Balaban J connectivity index is 1.70. The predicted molar refractivity (Wildman–Crippen MR) is 197 cm³/mol. The predicted octanol–water partition coefficient (Wildman–Crippen LogP) is 3.94. The second-order valence-corrected chi connectivity index (χ2v) is 12.1. The monoisotopic (exact) mass is 854 g/mol. The van der Waals surface area contributed by atoms with Gasteiger partial charge in [-0.1, -0.05) is 20.3 Å². The molecule has 0 spiro atoms. The third kappa shape index (κ3) is 29.9. The summed E-state index contributed by atoms with van der Waals surface area (Å²) in [6.07, 6.45) is 0.626. The van der Waals surface area contributed by atoms with Gasteiger partial charge in [-0.2, -0.15) is 8.78 Å². The molecule has 1 aromatic carbocycles. The molecule has 0 radical (unpaired) electrons. The lowest BCUT2D eigenvalue weighted by Gasteiger charge is -2.10. The van der Waals surface area contributed by atoms with Gasteiger partial charge in [0, 0.05) is 6.61 Å². The molecule has 0 aromatic heterocycles. The maximum atomic E-state index is 13.6. The van der Waals surface area contributed by atoms with E-state index in [0.29, 0.717) is 145 Å². The first-order chi connectivity index (χ1) is 28.3. The molecule has 0 saturated carbocycles. The van der Waals surface area contributed by atoms with Crippen LogP contribution in [0.2, 0.25) is 0 Å². The van der Waals surface area contributed by atoms with Crippen molar-refractivity contribution in [3.8, 4) is 5.75 Å². The molecule has 0 aliphatic heterocycles. The Morgan fingerprint density at radius 1 is 0.379 bits per heavy atom. The first kappa shape index (κ1) is 53.8. The summed E-state index contributed by atoms with van der Waals surface area (Å²) in [4.78, 5) is 11.7. The third-order valence-corrected chi connectivity index (χ3v) is 7.40. The number of hydrogen-bond acceptors (Lipinski definition) is 15. The van der Waals surface area contributed by atoms with E-state index in [1.165, 1.54) is 0 Å². The highest BCUT2D eigenvalue weighted by Gasteiger charge is 2.28. The highest BCUT2D eigenvalue weighted by molar-refractivity contribution is 5.72. The van der Waals surface area contributed by atoms with Crippen molar-refractivity contribution >= 4 is 5.97 Å². The Kier molecular flexibility index (Phi) is 36.2. The van der Waals surface area contributed by atoms with Crippen LogP contribution in [0.4, 0.5) is 22.0 Å². The second kappa shape index (κ2) is 39.0. The van der Waals surface area contributed by atoms with Crippen LogP contribution in [-0.2, 0) is 66.4 Å². The van der Waals surface area contributed by atoms with E-state index in [4.69, 9.17) is 61.6 Å². The van der Waals surface area contributed by atoms with E-state index in [0.717, 1.165) is 13.0 Å². The molecule has 0 aliphatic rings. The van der Waals surface area contributed by atoms with E-state index in [-0.39, 0.29) is 26.4 Å². The molecular formula is C38H63F5O15. The minimum Gasteiger partial charge on any atom is -0.420 e. The number of rotatable bonds is 43. The minimum absolute atomic E-state index is 0.0781. The molecule has 20 heteroatoms. The summed E-state index contributed by atoms with van der Waals surface area (Å²) >= 11 is 0. The number of hydrogen-bond donors (Lipinski definition) is 0. The Morgan fingerprint density at radius 2 is 0.603 bits per heavy atom. The van der Waals surface area contributed by atoms with Crippen molar-refractivity contribution in [3.05, 3.63) is 29.1 Å². The number of ether oxygens (including phenoxy) is 14. The molecule has 0 aliphatic carbocycles. The Hall–Kier alpha value is -2.18. The smallest absolute Gasteiger partial charge is 0.313 e. The lowest BCUT2D eigenvalue weighted by Crippen LogP contribution is -2.16. The molecule has 0 bridgehead atoms. The standard InChI is InChI=1S/C38H63F5O15/c1-3-31(2)30-57-29-28-56-27-26-55-25-24-54-23-22-53-21-20-52-19-18-51-17-16-50-15-14-49-13-12-48-11-10-47-9-8-46-7-6-45-5-4-32(44)58-38-36(42)34(40)33(39)35(41)37(38)43/h31H,3-30H2,1-2H3. The van der Waals surface area contributed by atoms with Crippen molar-refractivity contribution in [1.82, 2.24) is 0 Å². The third-order valence-electron chi connectivity index (χ3n) is 7.40. The Bertz CT molecular complexity index is 1100. The van der Waals surface area contributed by atoms with Crippen molar-refractivity contribution in [3.63, 3.8) is 0 Å². The molecular weight excluding hydrogens is 791 g/mol. The van der Waals surface area contributed by atoms with E-state index in [1.807, 2.05) is 0 Å². The average molecular weight is 855 g/mol. The zero-order chi connectivity index (χ0) is 42.3. The molecule has 0 saturated heterocycles. The number of carbonyl (C=O) groups excluding carboxylic acids is 1. The van der Waals surface area contributed by atoms with Crippen LogP contribution in [0.5, 0.6) is 5.75 Å². The van der Waals surface area contributed by atoms with Gasteiger partial charge in [0.05, 0.1) is 172 Å². The summed E-state index contributed by atoms with van der Waals surface area (Å²) in [5, 5.41) is 0. The van der Waals surface area contributed by atoms with Gasteiger partial charge in [0.2, 0.25) is 34.8 Å². The normalized spacial score (nSPS) is 12.1. The SMILES string of the molecule is CCC(C)COCCOCCOCCOCCOCCOCCOCCOCCOCCOCCOCCOCCOCCC(=O)Oc1c(F)c(F)c(F)c(F)c1F. The molecule has 15 nitrogen and oxygen atoms in total. The van der Waals surface area contributed by atoms with E-state index in [9.17, 15) is 26.7 Å². The van der Waals surface area contributed by atoms with Gasteiger partial charge in [0.25, 0.3) is 0 Å². The zero-order valence-corrected chi connectivity index (χ0v) is 33.9. The zero-order valence-electron chi connectivity index (χ0n) is 33.9. The van der Waals surface area contributed by atoms with Crippen molar-refractivity contribution in [2.24, 2.45) is 5.92 Å². The number of carbonyl (C=O) groups is 1. The van der Waals surface area contributed by atoms with Gasteiger partial charge in [-0.25, -0.2) is 13.2 Å². The number of halogens is 5. The molecule has 1 rings (SSSR count). The summed E-state index contributed by atoms with van der Waals surface area (Å²) in [5.41, 5.74) is 0. The Labute approximate surface area is 338 Å². The molecule has 0 N–H and O–H groups in total. The quantitative estimate of drug-likeness (QED) is 0.0233. The molecule has 0 heterocycles. The molecule has 1 unspecified atom stereocenters. The van der Waals surface area contributed by atoms with Crippen molar-refractivity contribution < 1.29 is 93.1 Å². The summed E-state index contributed by atoms with van der Waals surface area (Å²) < 4.78 is 141. The van der Waals surface area contributed by atoms with Crippen LogP contribution >= 0.6 is 0 Å². The summed E-state index contributed by atoms with van der Waals surface area (Å²) in [5.74, 6) is -13.6. The molecule has 0 fully saturated rings. The highest BCUT2D eigenvalue weighted by atomic mass is 19.2. The fourth-order valence-corrected chi connectivity index (χ4v) is 4.04. The van der Waals surface area contributed by atoms with Crippen molar-refractivity contribution in [2.45, 2.75) is 26.7 Å². The van der Waals surface area contributed by atoms with Crippen LogP contribution in [0.15, 0.2) is 0 Å². The summed E-state index contributed by atoms with van der Waals surface area (Å²) in [7, 11) is 0. The lowest BCUT2D eigenvalue weighted by molar-refractivity contribution is -0.136. The van der Waals surface area contributed by atoms with Crippen LogP contribution < -0.4 is 4.74 Å². The topological polar surface area (TPSA) is 146 Å². The summed E-state index contributed by atoms with van der Waals surface area (Å²) in [6, 6.07) is 0. The molecule has 1 aromatic rings. The van der Waals surface area contributed by atoms with Gasteiger partial charge in [-0.3, -0.25) is 4.79 Å². The largest absolute Gasteiger partial charge is 0.420 e. The fourth-order valence-electron chi connectivity index (χ4n) is 4.04. The van der Waals surface area contributed by atoms with Gasteiger partial charge in [0.15, 0.2) is 0 Å². The molecule has 58 heavy (non-hydrogen) atoms.